The minimum atomic E-state index is -1.20. The molecular weight excluding hydrogens is 252 g/mol. The van der Waals surface area contributed by atoms with Crippen LogP contribution in [0.1, 0.15) is 57.4 Å². The zero-order valence-electron chi connectivity index (χ0n) is 12.4. The van der Waals surface area contributed by atoms with Gasteiger partial charge in [-0.05, 0) is 30.5 Å². The van der Waals surface area contributed by atoms with Crippen molar-refractivity contribution in [1.29, 1.82) is 0 Å². The zero-order valence-corrected chi connectivity index (χ0v) is 12.4. The Kier molecular flexibility index (Phi) is 8.52. The lowest BCUT2D eigenvalue weighted by atomic mass is 10.0. The number of rotatable bonds is 11. The van der Waals surface area contributed by atoms with Crippen molar-refractivity contribution in [3.8, 4) is 5.75 Å². The Morgan fingerprint density at radius 1 is 1.00 bits per heavy atom. The largest absolute Gasteiger partial charge is 0.546 e. The molecule has 20 heavy (non-hydrogen) atoms. The average Bonchev–Trinajstić information content (AvgIpc) is 2.45. The van der Waals surface area contributed by atoms with Crippen LogP contribution in [0.25, 0.3) is 0 Å². The Morgan fingerprint density at radius 3 is 2.20 bits per heavy atom. The molecular formula is C17H25O3-. The molecule has 0 spiro atoms. The first-order valence-electron chi connectivity index (χ1n) is 7.64. The summed E-state index contributed by atoms with van der Waals surface area (Å²) in [5, 5.41) is 10.3. The van der Waals surface area contributed by atoms with E-state index in [0.717, 1.165) is 6.42 Å². The van der Waals surface area contributed by atoms with Gasteiger partial charge in [0, 0.05) is 0 Å². The van der Waals surface area contributed by atoms with Gasteiger partial charge in [-0.1, -0.05) is 57.6 Å². The molecule has 0 unspecified atom stereocenters. The van der Waals surface area contributed by atoms with Gasteiger partial charge in [-0.2, -0.15) is 0 Å². The first kappa shape index (κ1) is 16.5. The Balaban J connectivity index is 2.13. The van der Waals surface area contributed by atoms with Crippen molar-refractivity contribution in [2.75, 3.05) is 6.61 Å². The molecule has 3 heteroatoms. The van der Waals surface area contributed by atoms with E-state index in [1.54, 1.807) is 0 Å². The molecule has 0 aromatic heterocycles. The van der Waals surface area contributed by atoms with Gasteiger partial charge in [0.25, 0.3) is 0 Å². The number of carboxylic acid groups (broad SMARTS) is 1. The predicted molar refractivity (Wildman–Crippen MR) is 78.6 cm³/mol. The molecule has 1 rings (SSSR count). The average molecular weight is 277 g/mol. The second-order valence-corrected chi connectivity index (χ2v) is 5.18. The van der Waals surface area contributed by atoms with Crippen molar-refractivity contribution < 1.29 is 14.6 Å². The van der Waals surface area contributed by atoms with Gasteiger partial charge in [-0.3, -0.25) is 0 Å². The summed E-state index contributed by atoms with van der Waals surface area (Å²) in [4.78, 5) is 10.3. The zero-order chi connectivity index (χ0) is 14.6. The topological polar surface area (TPSA) is 49.4 Å². The summed E-state index contributed by atoms with van der Waals surface area (Å²) in [5.74, 6) is -0.616. The molecule has 0 amide bonds. The van der Waals surface area contributed by atoms with E-state index in [-0.39, 0.29) is 0 Å². The Bertz CT molecular complexity index is 370. The highest BCUT2D eigenvalue weighted by Crippen LogP contribution is 2.15. The maximum absolute atomic E-state index is 10.3. The molecule has 0 fully saturated rings. The van der Waals surface area contributed by atoms with Crippen LogP contribution in [-0.4, -0.2) is 12.6 Å². The number of hydrogen-bond donors (Lipinski definition) is 0. The molecule has 0 aliphatic heterocycles. The number of carboxylic acids is 1. The highest BCUT2D eigenvalue weighted by Gasteiger charge is 1.97. The second kappa shape index (κ2) is 10.3. The minimum Gasteiger partial charge on any atom is -0.546 e. The van der Waals surface area contributed by atoms with E-state index in [1.807, 2.05) is 24.3 Å². The number of ether oxygens (including phenoxy) is 1. The van der Waals surface area contributed by atoms with Gasteiger partial charge in [-0.25, -0.2) is 0 Å². The molecule has 1 aromatic rings. The van der Waals surface area contributed by atoms with Gasteiger partial charge < -0.3 is 14.6 Å². The quantitative estimate of drug-likeness (QED) is 0.584. The number of carbonyl (C=O) groups is 1. The van der Waals surface area contributed by atoms with E-state index in [0.29, 0.717) is 5.75 Å². The molecule has 0 saturated heterocycles. The van der Waals surface area contributed by atoms with E-state index < -0.39 is 12.6 Å². The summed E-state index contributed by atoms with van der Waals surface area (Å²) in [6.07, 6.45) is 10.3. The lowest BCUT2D eigenvalue weighted by Gasteiger charge is -2.07. The third-order valence-corrected chi connectivity index (χ3v) is 3.35. The van der Waals surface area contributed by atoms with Gasteiger partial charge >= 0.3 is 0 Å². The number of hydrogen-bond acceptors (Lipinski definition) is 3. The van der Waals surface area contributed by atoms with Crippen LogP contribution in [0.5, 0.6) is 5.75 Å². The molecule has 0 aliphatic carbocycles. The molecule has 112 valence electrons. The minimum absolute atomic E-state index is 0.392. The van der Waals surface area contributed by atoms with Crippen LogP contribution in [0.4, 0.5) is 0 Å². The summed E-state index contributed by atoms with van der Waals surface area (Å²) < 4.78 is 5.04. The molecule has 1 aromatic carbocycles. The molecule has 0 atom stereocenters. The maximum atomic E-state index is 10.3. The Labute approximate surface area is 122 Å². The Morgan fingerprint density at radius 2 is 1.60 bits per heavy atom. The SMILES string of the molecule is CCCCCCCCCc1ccc(OCC(=O)[O-])cc1. The summed E-state index contributed by atoms with van der Waals surface area (Å²) in [6.45, 7) is 1.84. The molecule has 0 heterocycles. The van der Waals surface area contributed by atoms with Crippen LogP contribution in [0.2, 0.25) is 0 Å². The smallest absolute Gasteiger partial charge is 0.128 e. The molecule has 3 nitrogen and oxygen atoms in total. The fraction of sp³-hybridized carbons (Fsp3) is 0.588. The third kappa shape index (κ3) is 7.82. The number of aliphatic carboxylic acids is 1. The second-order valence-electron chi connectivity index (χ2n) is 5.18. The van der Waals surface area contributed by atoms with E-state index in [9.17, 15) is 9.90 Å². The van der Waals surface area contributed by atoms with Crippen LogP contribution in [0.15, 0.2) is 24.3 Å². The van der Waals surface area contributed by atoms with Crippen molar-refractivity contribution >= 4 is 5.97 Å². The van der Waals surface area contributed by atoms with Gasteiger partial charge in [-0.15, -0.1) is 0 Å². The van der Waals surface area contributed by atoms with Crippen molar-refractivity contribution in [3.63, 3.8) is 0 Å². The van der Waals surface area contributed by atoms with E-state index >= 15 is 0 Å². The standard InChI is InChI=1S/C17H26O3/c1-2-3-4-5-6-7-8-9-15-10-12-16(13-11-15)20-14-17(18)19/h10-13H,2-9,14H2,1H3,(H,18,19)/p-1. The monoisotopic (exact) mass is 277 g/mol. The maximum Gasteiger partial charge on any atom is 0.128 e. The summed E-state index contributed by atoms with van der Waals surface area (Å²) in [5.41, 5.74) is 1.28. The summed E-state index contributed by atoms with van der Waals surface area (Å²) in [7, 11) is 0. The summed E-state index contributed by atoms with van der Waals surface area (Å²) in [6, 6.07) is 7.64. The van der Waals surface area contributed by atoms with Gasteiger partial charge in [0.1, 0.15) is 12.4 Å². The highest BCUT2D eigenvalue weighted by atomic mass is 16.5. The van der Waals surface area contributed by atoms with Gasteiger partial charge in [0.05, 0.1) is 5.97 Å². The number of benzene rings is 1. The first-order chi connectivity index (χ1) is 9.72. The van der Waals surface area contributed by atoms with Gasteiger partial charge in [0.15, 0.2) is 0 Å². The van der Waals surface area contributed by atoms with Crippen LogP contribution in [0, 0.1) is 0 Å². The van der Waals surface area contributed by atoms with Gasteiger partial charge in [0.2, 0.25) is 0 Å². The first-order valence-corrected chi connectivity index (χ1v) is 7.64. The van der Waals surface area contributed by atoms with Crippen LogP contribution >= 0.6 is 0 Å². The molecule has 0 saturated carbocycles. The normalized spacial score (nSPS) is 10.4. The summed E-state index contributed by atoms with van der Waals surface area (Å²) >= 11 is 0. The number of carbonyl (C=O) groups excluding carboxylic acids is 1. The fourth-order valence-electron chi connectivity index (χ4n) is 2.18. The van der Waals surface area contributed by atoms with Crippen molar-refractivity contribution in [2.24, 2.45) is 0 Å². The Hall–Kier alpha value is -1.51. The van der Waals surface area contributed by atoms with Crippen LogP contribution in [0.3, 0.4) is 0 Å². The lowest BCUT2D eigenvalue weighted by Crippen LogP contribution is -2.28. The van der Waals surface area contributed by atoms with E-state index in [4.69, 9.17) is 4.74 Å². The fourth-order valence-corrected chi connectivity index (χ4v) is 2.18. The van der Waals surface area contributed by atoms with E-state index in [2.05, 4.69) is 6.92 Å². The number of aryl methyl sites for hydroxylation is 1. The molecule has 0 radical (unpaired) electrons. The van der Waals surface area contributed by atoms with Crippen molar-refractivity contribution in [1.82, 2.24) is 0 Å². The van der Waals surface area contributed by atoms with E-state index in [1.165, 1.54) is 50.5 Å². The molecule has 0 aliphatic rings. The van der Waals surface area contributed by atoms with Crippen LogP contribution in [-0.2, 0) is 11.2 Å². The number of unbranched alkanes of at least 4 members (excludes halogenated alkanes) is 6. The lowest BCUT2D eigenvalue weighted by molar-refractivity contribution is -0.307. The van der Waals surface area contributed by atoms with Crippen molar-refractivity contribution in [2.45, 2.75) is 58.3 Å². The molecule has 0 bridgehead atoms. The third-order valence-electron chi connectivity index (χ3n) is 3.35. The predicted octanol–water partition coefficient (Wildman–Crippen LogP) is 3.11. The molecule has 0 N–H and O–H groups in total. The van der Waals surface area contributed by atoms with Crippen LogP contribution < -0.4 is 9.84 Å². The highest BCUT2D eigenvalue weighted by molar-refractivity contribution is 5.66. The van der Waals surface area contributed by atoms with Crippen molar-refractivity contribution in [3.05, 3.63) is 29.8 Å².